The molecular formula is C14H15ClN2OS2. The minimum absolute atomic E-state index is 0.600. The number of furan rings is 1. The lowest BCUT2D eigenvalue weighted by Crippen LogP contribution is -2.35. The molecule has 0 saturated heterocycles. The van der Waals surface area contributed by atoms with Crippen molar-refractivity contribution in [2.24, 2.45) is 0 Å². The van der Waals surface area contributed by atoms with Gasteiger partial charge in [-0.05, 0) is 48.6 Å². The van der Waals surface area contributed by atoms with E-state index in [1.807, 2.05) is 36.4 Å². The molecule has 0 radical (unpaired) electrons. The van der Waals surface area contributed by atoms with Gasteiger partial charge in [-0.3, -0.25) is 0 Å². The molecular weight excluding hydrogens is 312 g/mol. The third-order valence-corrected chi connectivity index (χ3v) is 4.03. The average Bonchev–Trinajstić information content (AvgIpc) is 2.96. The Kier molecular flexibility index (Phi) is 6.24. The fraction of sp³-hybridized carbons (Fsp3) is 0.214. The summed E-state index contributed by atoms with van der Waals surface area (Å²) in [4.78, 5) is 1.20. The van der Waals surface area contributed by atoms with Crippen molar-refractivity contribution < 1.29 is 4.42 Å². The molecule has 3 nitrogen and oxygen atoms in total. The number of benzene rings is 1. The number of hydrogen-bond donors (Lipinski definition) is 2. The SMILES string of the molecule is S=C(NCCSc1ccc(Cl)cc1)NCc1ccco1. The van der Waals surface area contributed by atoms with Crippen LogP contribution >= 0.6 is 35.6 Å². The van der Waals surface area contributed by atoms with Crippen molar-refractivity contribution in [3.8, 4) is 0 Å². The molecule has 1 aromatic heterocycles. The van der Waals surface area contributed by atoms with Crippen molar-refractivity contribution in [1.82, 2.24) is 10.6 Å². The average molecular weight is 327 g/mol. The quantitative estimate of drug-likeness (QED) is 0.481. The third kappa shape index (κ3) is 5.45. The Morgan fingerprint density at radius 3 is 2.70 bits per heavy atom. The molecule has 0 unspecified atom stereocenters. The molecule has 1 heterocycles. The summed E-state index contributed by atoms with van der Waals surface area (Å²) in [7, 11) is 0. The van der Waals surface area contributed by atoms with E-state index in [0.29, 0.717) is 11.7 Å². The van der Waals surface area contributed by atoms with Crippen LogP contribution in [0.25, 0.3) is 0 Å². The summed E-state index contributed by atoms with van der Waals surface area (Å²) < 4.78 is 5.21. The van der Waals surface area contributed by atoms with Gasteiger partial charge in [-0.25, -0.2) is 0 Å². The summed E-state index contributed by atoms with van der Waals surface area (Å²) in [6, 6.07) is 11.6. The maximum atomic E-state index is 5.84. The zero-order valence-electron chi connectivity index (χ0n) is 10.8. The molecule has 0 aliphatic heterocycles. The van der Waals surface area contributed by atoms with E-state index >= 15 is 0 Å². The van der Waals surface area contributed by atoms with Gasteiger partial charge in [0.25, 0.3) is 0 Å². The molecule has 0 aliphatic rings. The number of rotatable bonds is 6. The molecule has 106 valence electrons. The van der Waals surface area contributed by atoms with Crippen molar-refractivity contribution in [2.45, 2.75) is 11.4 Å². The van der Waals surface area contributed by atoms with Gasteiger partial charge >= 0.3 is 0 Å². The van der Waals surface area contributed by atoms with Gasteiger partial charge in [-0.1, -0.05) is 11.6 Å². The van der Waals surface area contributed by atoms with Crippen LogP contribution < -0.4 is 10.6 Å². The number of nitrogens with one attached hydrogen (secondary N) is 2. The van der Waals surface area contributed by atoms with Gasteiger partial charge in [0, 0.05) is 22.2 Å². The van der Waals surface area contributed by atoms with Gasteiger partial charge in [0.15, 0.2) is 5.11 Å². The standard InChI is InChI=1S/C14H15ClN2OS2/c15-11-3-5-13(6-4-11)20-9-7-16-14(19)17-10-12-2-1-8-18-12/h1-6,8H,7,9-10H2,(H2,16,17,19). The van der Waals surface area contributed by atoms with E-state index in [2.05, 4.69) is 10.6 Å². The fourth-order valence-electron chi connectivity index (χ4n) is 1.51. The Hall–Kier alpha value is -1.17. The molecule has 0 bridgehead atoms. The summed E-state index contributed by atoms with van der Waals surface area (Å²) in [6.45, 7) is 1.40. The highest BCUT2D eigenvalue weighted by Gasteiger charge is 1.99. The van der Waals surface area contributed by atoms with Crippen LogP contribution in [0.3, 0.4) is 0 Å². The molecule has 2 aromatic rings. The minimum Gasteiger partial charge on any atom is -0.467 e. The molecule has 2 rings (SSSR count). The molecule has 0 saturated carbocycles. The Morgan fingerprint density at radius 2 is 2.00 bits per heavy atom. The van der Waals surface area contributed by atoms with Crippen LogP contribution in [0, 0.1) is 0 Å². The highest BCUT2D eigenvalue weighted by molar-refractivity contribution is 7.99. The van der Waals surface area contributed by atoms with Gasteiger partial charge in [0.1, 0.15) is 5.76 Å². The van der Waals surface area contributed by atoms with E-state index in [-0.39, 0.29) is 0 Å². The largest absolute Gasteiger partial charge is 0.467 e. The number of thiocarbonyl (C=S) groups is 1. The van der Waals surface area contributed by atoms with E-state index in [4.69, 9.17) is 28.2 Å². The molecule has 1 aromatic carbocycles. The smallest absolute Gasteiger partial charge is 0.166 e. The molecule has 0 aliphatic carbocycles. The predicted octanol–water partition coefficient (Wildman–Crippen LogP) is 3.69. The van der Waals surface area contributed by atoms with Gasteiger partial charge in [-0.2, -0.15) is 0 Å². The number of halogens is 1. The van der Waals surface area contributed by atoms with Gasteiger partial charge in [0.05, 0.1) is 12.8 Å². The Morgan fingerprint density at radius 1 is 1.20 bits per heavy atom. The molecule has 0 fully saturated rings. The Bertz CT molecular complexity index is 529. The lowest BCUT2D eigenvalue weighted by molar-refractivity contribution is 0.502. The lowest BCUT2D eigenvalue weighted by atomic mass is 10.4. The third-order valence-electron chi connectivity index (χ3n) is 2.47. The summed E-state index contributed by atoms with van der Waals surface area (Å²) in [5.74, 6) is 1.80. The topological polar surface area (TPSA) is 37.2 Å². The normalized spacial score (nSPS) is 10.2. The second-order valence-corrected chi connectivity index (χ2v) is 6.00. The maximum Gasteiger partial charge on any atom is 0.166 e. The van der Waals surface area contributed by atoms with E-state index in [9.17, 15) is 0 Å². The van der Waals surface area contributed by atoms with Crippen molar-refractivity contribution in [3.05, 3.63) is 53.4 Å². The molecule has 0 spiro atoms. The van der Waals surface area contributed by atoms with Crippen molar-refractivity contribution in [1.29, 1.82) is 0 Å². The van der Waals surface area contributed by atoms with Crippen LogP contribution in [-0.4, -0.2) is 17.4 Å². The molecule has 6 heteroatoms. The van der Waals surface area contributed by atoms with Gasteiger partial charge in [-0.15, -0.1) is 11.8 Å². The van der Waals surface area contributed by atoms with Crippen molar-refractivity contribution in [3.63, 3.8) is 0 Å². The Balaban J connectivity index is 1.58. The highest BCUT2D eigenvalue weighted by atomic mass is 35.5. The monoisotopic (exact) mass is 326 g/mol. The van der Waals surface area contributed by atoms with E-state index in [1.165, 1.54) is 4.90 Å². The van der Waals surface area contributed by atoms with Crippen molar-refractivity contribution >= 4 is 40.7 Å². The molecule has 2 N–H and O–H groups in total. The van der Waals surface area contributed by atoms with Crippen LogP contribution in [0.4, 0.5) is 0 Å². The Labute approximate surface area is 133 Å². The highest BCUT2D eigenvalue weighted by Crippen LogP contribution is 2.19. The second-order valence-electron chi connectivity index (χ2n) is 3.99. The first-order valence-corrected chi connectivity index (χ1v) is 7.93. The van der Waals surface area contributed by atoms with E-state index in [0.717, 1.165) is 23.1 Å². The summed E-state index contributed by atoms with van der Waals surface area (Å²) in [6.07, 6.45) is 1.65. The maximum absolute atomic E-state index is 5.84. The van der Waals surface area contributed by atoms with Crippen molar-refractivity contribution in [2.75, 3.05) is 12.3 Å². The first kappa shape index (κ1) is 15.2. The van der Waals surface area contributed by atoms with E-state index in [1.54, 1.807) is 18.0 Å². The summed E-state index contributed by atoms with van der Waals surface area (Å²) in [5, 5.41) is 7.65. The predicted molar refractivity (Wildman–Crippen MR) is 88.3 cm³/mol. The first-order valence-electron chi connectivity index (χ1n) is 6.16. The van der Waals surface area contributed by atoms with Crippen LogP contribution in [0.2, 0.25) is 5.02 Å². The van der Waals surface area contributed by atoms with Crippen LogP contribution in [-0.2, 0) is 6.54 Å². The van der Waals surface area contributed by atoms with E-state index < -0.39 is 0 Å². The fourth-order valence-corrected chi connectivity index (χ4v) is 2.58. The minimum atomic E-state index is 0.600. The van der Waals surface area contributed by atoms with Gasteiger partial charge < -0.3 is 15.1 Å². The second kappa shape index (κ2) is 8.19. The summed E-state index contributed by atoms with van der Waals surface area (Å²) >= 11 is 12.8. The molecule has 0 atom stereocenters. The molecule has 0 amide bonds. The number of hydrogen-bond acceptors (Lipinski definition) is 3. The van der Waals surface area contributed by atoms with Crippen LogP contribution in [0.15, 0.2) is 52.0 Å². The zero-order chi connectivity index (χ0) is 14.2. The lowest BCUT2D eigenvalue weighted by Gasteiger charge is -2.09. The van der Waals surface area contributed by atoms with Crippen LogP contribution in [0.5, 0.6) is 0 Å². The number of thioether (sulfide) groups is 1. The van der Waals surface area contributed by atoms with Gasteiger partial charge in [0.2, 0.25) is 0 Å². The summed E-state index contributed by atoms with van der Waals surface area (Å²) in [5.41, 5.74) is 0. The first-order chi connectivity index (χ1) is 9.74. The molecule has 20 heavy (non-hydrogen) atoms. The van der Waals surface area contributed by atoms with Crippen LogP contribution in [0.1, 0.15) is 5.76 Å². The zero-order valence-corrected chi connectivity index (χ0v) is 13.2.